The number of thiazole rings is 1. The fourth-order valence-electron chi connectivity index (χ4n) is 0.949. The van der Waals surface area contributed by atoms with E-state index in [4.69, 9.17) is 5.73 Å². The summed E-state index contributed by atoms with van der Waals surface area (Å²) in [5.41, 5.74) is 6.15. The van der Waals surface area contributed by atoms with Gasteiger partial charge >= 0.3 is 0 Å². The Morgan fingerprint density at radius 2 is 2.15 bits per heavy atom. The molecular weight excluding hydrogens is 189 g/mol. The topological polar surface area (TPSA) is 51.8 Å². The molecule has 3 nitrogen and oxygen atoms in total. The Morgan fingerprint density at radius 1 is 1.31 bits per heavy atom. The van der Waals surface area contributed by atoms with Gasteiger partial charge in [-0.05, 0) is 6.07 Å². The molecule has 0 unspecified atom stereocenters. The van der Waals surface area contributed by atoms with E-state index >= 15 is 0 Å². The number of pyridine rings is 1. The minimum Gasteiger partial charge on any atom is -0.389 e. The van der Waals surface area contributed by atoms with Crippen molar-refractivity contribution in [2.75, 3.05) is 5.73 Å². The molecule has 0 aliphatic heterocycles. The third-order valence-corrected chi connectivity index (χ3v) is 2.35. The van der Waals surface area contributed by atoms with E-state index in [-0.39, 0.29) is 5.82 Å². The normalized spacial score (nSPS) is 10.2. The van der Waals surface area contributed by atoms with E-state index in [9.17, 15) is 4.39 Å². The van der Waals surface area contributed by atoms with Crippen LogP contribution in [0.3, 0.4) is 0 Å². The molecule has 2 N–H and O–H groups in total. The summed E-state index contributed by atoms with van der Waals surface area (Å²) in [5.74, 6) is -0.369. The highest BCUT2D eigenvalue weighted by molar-refractivity contribution is 7.18. The molecule has 0 radical (unpaired) electrons. The minimum atomic E-state index is -0.369. The Hall–Kier alpha value is -1.49. The molecule has 2 aromatic rings. The lowest BCUT2D eigenvalue weighted by Crippen LogP contribution is -1.81. The van der Waals surface area contributed by atoms with Crippen molar-refractivity contribution in [1.29, 1.82) is 0 Å². The van der Waals surface area contributed by atoms with Gasteiger partial charge in [-0.25, -0.2) is 9.37 Å². The molecular formula is C8H6FN3S. The summed E-state index contributed by atoms with van der Waals surface area (Å²) >= 11 is 1.31. The minimum absolute atomic E-state index is 0.369. The highest BCUT2D eigenvalue weighted by Gasteiger charge is 2.03. The SMILES string of the molecule is Nc1cnc(-c2cncc(F)c2)s1. The summed E-state index contributed by atoms with van der Waals surface area (Å²) in [6, 6.07) is 1.38. The zero-order valence-corrected chi connectivity index (χ0v) is 7.38. The first-order valence-electron chi connectivity index (χ1n) is 3.58. The molecule has 0 amide bonds. The predicted molar refractivity (Wildman–Crippen MR) is 49.7 cm³/mol. The first-order chi connectivity index (χ1) is 6.25. The van der Waals surface area contributed by atoms with Crippen LogP contribution in [0, 0.1) is 5.82 Å². The fraction of sp³-hybridized carbons (Fsp3) is 0. The summed E-state index contributed by atoms with van der Waals surface area (Å²) < 4.78 is 12.7. The third-order valence-electron chi connectivity index (χ3n) is 1.48. The van der Waals surface area contributed by atoms with Gasteiger partial charge in [0.15, 0.2) is 0 Å². The second-order valence-electron chi connectivity index (χ2n) is 2.46. The van der Waals surface area contributed by atoms with Crippen molar-refractivity contribution in [3.63, 3.8) is 0 Å². The number of aromatic nitrogens is 2. The van der Waals surface area contributed by atoms with Crippen LogP contribution in [-0.2, 0) is 0 Å². The molecule has 2 heterocycles. The fourth-order valence-corrected chi connectivity index (χ4v) is 1.61. The molecule has 5 heteroatoms. The molecule has 0 aliphatic rings. The molecule has 2 rings (SSSR count). The van der Waals surface area contributed by atoms with Crippen LogP contribution in [0.2, 0.25) is 0 Å². The number of halogens is 1. The Morgan fingerprint density at radius 3 is 2.77 bits per heavy atom. The van der Waals surface area contributed by atoms with E-state index in [2.05, 4.69) is 9.97 Å². The second kappa shape index (κ2) is 3.10. The van der Waals surface area contributed by atoms with Crippen molar-refractivity contribution >= 4 is 16.3 Å². The Balaban J connectivity index is 2.46. The maximum absolute atomic E-state index is 12.7. The molecule has 0 aliphatic carbocycles. The predicted octanol–water partition coefficient (Wildman–Crippen LogP) is 1.93. The summed E-state index contributed by atoms with van der Waals surface area (Å²) in [4.78, 5) is 7.73. The van der Waals surface area contributed by atoms with E-state index in [1.165, 1.54) is 17.4 Å². The summed E-state index contributed by atoms with van der Waals surface area (Å²) in [5, 5.41) is 1.30. The van der Waals surface area contributed by atoms with Gasteiger partial charge in [-0.15, -0.1) is 0 Å². The quantitative estimate of drug-likeness (QED) is 0.756. The zero-order valence-electron chi connectivity index (χ0n) is 6.57. The second-order valence-corrected chi connectivity index (χ2v) is 3.52. The number of rotatable bonds is 1. The monoisotopic (exact) mass is 195 g/mol. The van der Waals surface area contributed by atoms with Crippen LogP contribution in [0.5, 0.6) is 0 Å². The maximum atomic E-state index is 12.7. The average molecular weight is 195 g/mol. The molecule has 0 saturated carbocycles. The van der Waals surface area contributed by atoms with Crippen molar-refractivity contribution in [1.82, 2.24) is 9.97 Å². The standard InChI is InChI=1S/C8H6FN3S/c9-6-1-5(2-11-3-6)8-12-4-7(10)13-8/h1-4H,10H2. The average Bonchev–Trinajstić information content (AvgIpc) is 2.52. The number of hydrogen-bond acceptors (Lipinski definition) is 4. The van der Waals surface area contributed by atoms with Crippen LogP contribution in [0.1, 0.15) is 0 Å². The van der Waals surface area contributed by atoms with Gasteiger partial charge < -0.3 is 5.73 Å². The Bertz CT molecular complexity index is 427. The summed E-state index contributed by atoms with van der Waals surface area (Å²) in [6.45, 7) is 0. The molecule has 0 aromatic carbocycles. The first kappa shape index (κ1) is 8.12. The molecule has 2 aromatic heterocycles. The van der Waals surface area contributed by atoms with Gasteiger partial charge in [0.1, 0.15) is 15.8 Å². The lowest BCUT2D eigenvalue weighted by Gasteiger charge is -1.93. The molecule has 0 spiro atoms. The van der Waals surface area contributed by atoms with E-state index in [0.29, 0.717) is 15.6 Å². The van der Waals surface area contributed by atoms with Crippen LogP contribution >= 0.6 is 11.3 Å². The van der Waals surface area contributed by atoms with Gasteiger partial charge in [0, 0.05) is 11.8 Å². The highest BCUT2D eigenvalue weighted by Crippen LogP contribution is 2.25. The summed E-state index contributed by atoms with van der Waals surface area (Å²) in [6.07, 6.45) is 4.26. The van der Waals surface area contributed by atoms with Crippen LogP contribution in [0.15, 0.2) is 24.7 Å². The van der Waals surface area contributed by atoms with Gasteiger partial charge in [-0.1, -0.05) is 11.3 Å². The third kappa shape index (κ3) is 1.65. The van der Waals surface area contributed by atoms with Crippen molar-refractivity contribution < 1.29 is 4.39 Å². The lowest BCUT2D eigenvalue weighted by atomic mass is 10.3. The number of hydrogen-bond donors (Lipinski definition) is 1. The van der Waals surface area contributed by atoms with E-state index < -0.39 is 0 Å². The van der Waals surface area contributed by atoms with Gasteiger partial charge in [0.05, 0.1) is 12.4 Å². The molecule has 0 saturated heterocycles. The van der Waals surface area contributed by atoms with Gasteiger partial charge in [-0.2, -0.15) is 0 Å². The van der Waals surface area contributed by atoms with Crippen LogP contribution in [0.25, 0.3) is 10.6 Å². The molecule has 0 fully saturated rings. The van der Waals surface area contributed by atoms with Crippen LogP contribution < -0.4 is 5.73 Å². The van der Waals surface area contributed by atoms with Crippen LogP contribution in [-0.4, -0.2) is 9.97 Å². The largest absolute Gasteiger partial charge is 0.389 e. The molecule has 66 valence electrons. The number of anilines is 1. The smallest absolute Gasteiger partial charge is 0.142 e. The molecule has 0 bridgehead atoms. The summed E-state index contributed by atoms with van der Waals surface area (Å²) in [7, 11) is 0. The number of nitrogens with zero attached hydrogens (tertiary/aromatic N) is 2. The van der Waals surface area contributed by atoms with Gasteiger partial charge in [0.25, 0.3) is 0 Å². The molecule has 13 heavy (non-hydrogen) atoms. The number of nitrogens with two attached hydrogens (primary N) is 1. The van der Waals surface area contributed by atoms with Gasteiger partial charge in [0.2, 0.25) is 0 Å². The van der Waals surface area contributed by atoms with Crippen molar-refractivity contribution in [3.05, 3.63) is 30.5 Å². The zero-order chi connectivity index (χ0) is 9.26. The Kier molecular flexibility index (Phi) is 1.94. The van der Waals surface area contributed by atoms with Gasteiger partial charge in [-0.3, -0.25) is 4.98 Å². The van der Waals surface area contributed by atoms with E-state index in [1.54, 1.807) is 12.4 Å². The first-order valence-corrected chi connectivity index (χ1v) is 4.39. The van der Waals surface area contributed by atoms with E-state index in [0.717, 1.165) is 6.20 Å². The maximum Gasteiger partial charge on any atom is 0.142 e. The lowest BCUT2D eigenvalue weighted by molar-refractivity contribution is 0.622. The van der Waals surface area contributed by atoms with Crippen molar-refractivity contribution in [3.8, 4) is 10.6 Å². The van der Waals surface area contributed by atoms with Crippen molar-refractivity contribution in [2.45, 2.75) is 0 Å². The molecule has 0 atom stereocenters. The van der Waals surface area contributed by atoms with E-state index in [1.807, 2.05) is 0 Å². The van der Waals surface area contributed by atoms with Crippen LogP contribution in [0.4, 0.5) is 9.39 Å². The highest BCUT2D eigenvalue weighted by atomic mass is 32.1. The Labute approximate surface area is 78.1 Å². The van der Waals surface area contributed by atoms with Crippen molar-refractivity contribution in [2.24, 2.45) is 0 Å². The number of nitrogen functional groups attached to an aromatic ring is 1.